The summed E-state index contributed by atoms with van der Waals surface area (Å²) in [5.41, 5.74) is 0.259. The zero-order valence-electron chi connectivity index (χ0n) is 11.3. The fraction of sp³-hybridized carbons (Fsp3) is 0.143. The fourth-order valence-electron chi connectivity index (χ4n) is 1.97. The number of carbonyl (C=O) groups excluding carboxylic acids is 1. The SMILES string of the molecule is CC(=O)c1cc(C(=O)O)c(Nc2ccc(Br)cc2F)n1C. The number of rotatable bonds is 4. The van der Waals surface area contributed by atoms with Crippen molar-refractivity contribution in [3.05, 3.63) is 45.8 Å². The summed E-state index contributed by atoms with van der Waals surface area (Å²) in [6.45, 7) is 1.34. The van der Waals surface area contributed by atoms with Crippen LogP contribution in [0.1, 0.15) is 27.8 Å². The molecule has 0 saturated carbocycles. The molecule has 2 rings (SSSR count). The minimum atomic E-state index is -1.20. The van der Waals surface area contributed by atoms with Crippen LogP contribution in [0.3, 0.4) is 0 Å². The van der Waals surface area contributed by atoms with Crippen LogP contribution < -0.4 is 5.32 Å². The molecule has 0 atom stereocenters. The molecule has 0 spiro atoms. The average molecular weight is 355 g/mol. The van der Waals surface area contributed by atoms with Crippen LogP contribution in [0, 0.1) is 5.82 Å². The zero-order valence-corrected chi connectivity index (χ0v) is 12.9. The Balaban J connectivity index is 2.52. The van der Waals surface area contributed by atoms with Crippen molar-refractivity contribution in [3.63, 3.8) is 0 Å². The van der Waals surface area contributed by atoms with E-state index in [1.54, 1.807) is 13.1 Å². The molecule has 2 aromatic rings. The predicted octanol–water partition coefficient (Wildman–Crippen LogP) is 3.57. The highest BCUT2D eigenvalue weighted by Crippen LogP contribution is 2.27. The Bertz CT molecular complexity index is 740. The Morgan fingerprint density at radius 3 is 2.52 bits per heavy atom. The van der Waals surface area contributed by atoms with Crippen molar-refractivity contribution in [2.75, 3.05) is 5.32 Å². The van der Waals surface area contributed by atoms with Crippen molar-refractivity contribution in [3.8, 4) is 0 Å². The zero-order chi connectivity index (χ0) is 15.7. The van der Waals surface area contributed by atoms with Crippen LogP contribution in [0.5, 0.6) is 0 Å². The molecule has 0 amide bonds. The normalized spacial score (nSPS) is 10.5. The Kier molecular flexibility index (Phi) is 4.13. The van der Waals surface area contributed by atoms with Gasteiger partial charge >= 0.3 is 5.97 Å². The van der Waals surface area contributed by atoms with Crippen LogP contribution in [0.15, 0.2) is 28.7 Å². The molecule has 0 aliphatic rings. The van der Waals surface area contributed by atoms with E-state index in [0.717, 1.165) is 0 Å². The summed E-state index contributed by atoms with van der Waals surface area (Å²) in [6.07, 6.45) is 0. The largest absolute Gasteiger partial charge is 0.478 e. The molecular weight excluding hydrogens is 343 g/mol. The molecule has 21 heavy (non-hydrogen) atoms. The molecule has 5 nitrogen and oxygen atoms in total. The van der Waals surface area contributed by atoms with E-state index in [1.807, 2.05) is 0 Å². The van der Waals surface area contributed by atoms with E-state index in [-0.39, 0.29) is 28.5 Å². The maximum Gasteiger partial charge on any atom is 0.339 e. The number of hydrogen-bond acceptors (Lipinski definition) is 3. The smallest absolute Gasteiger partial charge is 0.339 e. The van der Waals surface area contributed by atoms with Gasteiger partial charge in [-0.25, -0.2) is 9.18 Å². The molecule has 0 aliphatic heterocycles. The highest BCUT2D eigenvalue weighted by Gasteiger charge is 2.21. The molecule has 0 bridgehead atoms. The Labute approximate surface area is 128 Å². The average Bonchev–Trinajstić information content (AvgIpc) is 2.70. The maximum absolute atomic E-state index is 13.8. The number of aromatic carboxylic acids is 1. The summed E-state index contributed by atoms with van der Waals surface area (Å²) in [5, 5.41) is 11.9. The predicted molar refractivity (Wildman–Crippen MR) is 79.8 cm³/mol. The van der Waals surface area contributed by atoms with Crippen molar-refractivity contribution in [1.29, 1.82) is 0 Å². The van der Waals surface area contributed by atoms with E-state index in [0.29, 0.717) is 4.47 Å². The highest BCUT2D eigenvalue weighted by molar-refractivity contribution is 9.10. The lowest BCUT2D eigenvalue weighted by Gasteiger charge is -2.11. The first-order chi connectivity index (χ1) is 9.81. The Hall–Kier alpha value is -2.15. The number of hydrogen-bond donors (Lipinski definition) is 2. The van der Waals surface area contributed by atoms with E-state index in [4.69, 9.17) is 0 Å². The van der Waals surface area contributed by atoms with Gasteiger partial charge in [0.25, 0.3) is 0 Å². The standard InChI is InChI=1S/C14H12BrFN2O3/c1-7(19)12-6-9(14(20)21)13(18(12)2)17-11-4-3-8(15)5-10(11)16/h3-6,17H,1-2H3,(H,20,21). The van der Waals surface area contributed by atoms with Crippen LogP contribution in [-0.2, 0) is 7.05 Å². The molecular formula is C14H12BrFN2O3. The lowest BCUT2D eigenvalue weighted by Crippen LogP contribution is -2.07. The van der Waals surface area contributed by atoms with Gasteiger partial charge in [0.05, 0.1) is 11.4 Å². The lowest BCUT2D eigenvalue weighted by atomic mass is 10.2. The van der Waals surface area contributed by atoms with E-state index < -0.39 is 11.8 Å². The number of anilines is 2. The van der Waals surface area contributed by atoms with Crippen molar-refractivity contribution >= 4 is 39.2 Å². The molecule has 110 valence electrons. The summed E-state index contributed by atoms with van der Waals surface area (Å²) in [4.78, 5) is 22.8. The van der Waals surface area contributed by atoms with Crippen LogP contribution in [0.2, 0.25) is 0 Å². The van der Waals surface area contributed by atoms with Crippen LogP contribution >= 0.6 is 15.9 Å². The van der Waals surface area contributed by atoms with Crippen LogP contribution in [0.4, 0.5) is 15.9 Å². The second-order valence-electron chi connectivity index (χ2n) is 4.46. The summed E-state index contributed by atoms with van der Waals surface area (Å²) in [6, 6.07) is 5.63. The molecule has 0 radical (unpaired) electrons. The van der Waals surface area contributed by atoms with Gasteiger partial charge in [-0.2, -0.15) is 0 Å². The molecule has 0 aliphatic carbocycles. The summed E-state index contributed by atoms with van der Waals surface area (Å²) >= 11 is 3.15. The number of ketones is 1. The number of carbonyl (C=O) groups is 2. The fourth-order valence-corrected chi connectivity index (χ4v) is 2.31. The van der Waals surface area contributed by atoms with E-state index in [2.05, 4.69) is 21.2 Å². The third kappa shape index (κ3) is 2.97. The molecule has 2 N–H and O–H groups in total. The monoisotopic (exact) mass is 354 g/mol. The van der Waals surface area contributed by atoms with Gasteiger partial charge in [-0.1, -0.05) is 15.9 Å². The van der Waals surface area contributed by atoms with Gasteiger partial charge in [-0.15, -0.1) is 0 Å². The molecule has 0 saturated heterocycles. The number of benzene rings is 1. The first kappa shape index (κ1) is 15.2. The van der Waals surface area contributed by atoms with Gasteiger partial charge in [-0.05, 0) is 24.3 Å². The van der Waals surface area contributed by atoms with Crippen molar-refractivity contribution < 1.29 is 19.1 Å². The number of carboxylic acid groups (broad SMARTS) is 1. The van der Waals surface area contributed by atoms with E-state index in [9.17, 15) is 19.1 Å². The van der Waals surface area contributed by atoms with Crippen molar-refractivity contribution in [1.82, 2.24) is 4.57 Å². The number of nitrogens with one attached hydrogen (secondary N) is 1. The van der Waals surface area contributed by atoms with Crippen LogP contribution in [-0.4, -0.2) is 21.4 Å². The number of nitrogens with zero attached hydrogens (tertiary/aromatic N) is 1. The van der Waals surface area contributed by atoms with Gasteiger partial charge in [0.1, 0.15) is 17.2 Å². The van der Waals surface area contributed by atoms with Gasteiger partial charge < -0.3 is 15.0 Å². The summed E-state index contributed by atoms with van der Waals surface area (Å²) in [5.74, 6) is -1.86. The number of Topliss-reactive ketones (excluding diaryl/α,β-unsaturated/α-hetero) is 1. The third-order valence-electron chi connectivity index (χ3n) is 3.01. The van der Waals surface area contributed by atoms with Crippen molar-refractivity contribution in [2.45, 2.75) is 6.92 Å². The maximum atomic E-state index is 13.8. The molecule has 0 fully saturated rings. The third-order valence-corrected chi connectivity index (χ3v) is 3.50. The second kappa shape index (κ2) is 5.69. The highest BCUT2D eigenvalue weighted by atomic mass is 79.9. The number of aromatic nitrogens is 1. The number of carboxylic acids is 1. The van der Waals surface area contributed by atoms with E-state index in [1.165, 1.54) is 29.7 Å². The molecule has 1 heterocycles. The quantitative estimate of drug-likeness (QED) is 0.823. The first-order valence-electron chi connectivity index (χ1n) is 5.97. The summed E-state index contributed by atoms with van der Waals surface area (Å²) < 4.78 is 15.8. The minimum absolute atomic E-state index is 0.0926. The summed E-state index contributed by atoms with van der Waals surface area (Å²) in [7, 11) is 1.54. The molecule has 1 aromatic heterocycles. The molecule has 7 heteroatoms. The second-order valence-corrected chi connectivity index (χ2v) is 5.38. The molecule has 1 aromatic carbocycles. The lowest BCUT2D eigenvalue weighted by molar-refractivity contribution is 0.0698. The van der Waals surface area contributed by atoms with Gasteiger partial charge in [-0.3, -0.25) is 4.79 Å². The van der Waals surface area contributed by atoms with Gasteiger partial charge in [0.15, 0.2) is 5.78 Å². The minimum Gasteiger partial charge on any atom is -0.478 e. The van der Waals surface area contributed by atoms with Gasteiger partial charge in [0.2, 0.25) is 0 Å². The van der Waals surface area contributed by atoms with Crippen molar-refractivity contribution in [2.24, 2.45) is 7.05 Å². The van der Waals surface area contributed by atoms with E-state index >= 15 is 0 Å². The molecule has 0 unspecified atom stereocenters. The van der Waals surface area contributed by atoms with Gasteiger partial charge in [0, 0.05) is 18.4 Å². The topological polar surface area (TPSA) is 71.3 Å². The van der Waals surface area contributed by atoms with Crippen LogP contribution in [0.25, 0.3) is 0 Å². The Morgan fingerprint density at radius 1 is 1.33 bits per heavy atom. The Morgan fingerprint density at radius 2 is 2.00 bits per heavy atom. The first-order valence-corrected chi connectivity index (χ1v) is 6.76. The number of halogens is 2.